The van der Waals surface area contributed by atoms with Crippen molar-refractivity contribution in [3.63, 3.8) is 0 Å². The molecule has 0 aliphatic rings. The molecule has 0 saturated heterocycles. The van der Waals surface area contributed by atoms with Crippen molar-refractivity contribution in [2.75, 3.05) is 0 Å². The van der Waals surface area contributed by atoms with E-state index in [-0.39, 0.29) is 0 Å². The monoisotopic (exact) mass is 1040 g/mol. The fraction of sp³-hybridized carbons (Fsp3) is 0.0488. The van der Waals surface area contributed by atoms with E-state index in [2.05, 4.69) is 363 Å². The summed E-state index contributed by atoms with van der Waals surface area (Å²) in [5, 5.41) is 0. The van der Waals surface area contributed by atoms with Crippen LogP contribution in [-0.2, 0) is 21.7 Å². The first-order chi connectivity index (χ1) is 40.7. The van der Waals surface area contributed by atoms with Gasteiger partial charge < -0.3 is 0 Å². The average Bonchev–Trinajstić information content (AvgIpc) is 3.71. The van der Waals surface area contributed by atoms with Crippen molar-refractivity contribution in [3.8, 4) is 35.5 Å². The Kier molecular flexibility index (Phi) is 16.5. The van der Waals surface area contributed by atoms with Gasteiger partial charge in [0.15, 0.2) is 0 Å². The summed E-state index contributed by atoms with van der Waals surface area (Å²) in [4.78, 5) is 0. The van der Waals surface area contributed by atoms with Crippen molar-refractivity contribution >= 4 is 0 Å². The summed E-state index contributed by atoms with van der Waals surface area (Å²) < 4.78 is 0. The van der Waals surface area contributed by atoms with Crippen LogP contribution in [0.25, 0.3) is 0 Å². The molecule has 0 aliphatic carbocycles. The van der Waals surface area contributed by atoms with Crippen LogP contribution in [0.5, 0.6) is 0 Å². The van der Waals surface area contributed by atoms with Gasteiger partial charge in [0.1, 0.15) is 21.7 Å². The second kappa shape index (κ2) is 25.4. The first-order valence-electron chi connectivity index (χ1n) is 27.9. The summed E-state index contributed by atoms with van der Waals surface area (Å²) in [6.07, 6.45) is 0. The molecular formula is C82H60. The molecule has 0 N–H and O–H groups in total. The summed E-state index contributed by atoms with van der Waals surface area (Å²) >= 11 is 0. The smallest absolute Gasteiger partial charge is 0.0802 e. The van der Waals surface area contributed by atoms with Crippen LogP contribution in [0.15, 0.2) is 364 Å². The predicted molar refractivity (Wildman–Crippen MR) is 340 cm³/mol. The molecule has 0 radical (unpaired) electrons. The van der Waals surface area contributed by atoms with E-state index < -0.39 is 21.7 Å². The molecule has 0 heterocycles. The topological polar surface area (TPSA) is 0 Å². The van der Waals surface area contributed by atoms with Gasteiger partial charge in [-0.05, 0) is 78.6 Å². The fourth-order valence-corrected chi connectivity index (χ4v) is 11.6. The van der Waals surface area contributed by atoms with Gasteiger partial charge in [0.25, 0.3) is 0 Å². The summed E-state index contributed by atoms with van der Waals surface area (Å²) in [6.45, 7) is 0. The maximum Gasteiger partial charge on any atom is 0.107 e. The molecule has 0 fully saturated rings. The van der Waals surface area contributed by atoms with Gasteiger partial charge in [-0.1, -0.05) is 388 Å². The van der Waals surface area contributed by atoms with Crippen LogP contribution >= 0.6 is 0 Å². The third-order valence-corrected chi connectivity index (χ3v) is 15.5. The largest absolute Gasteiger partial charge is 0.107 e. The molecule has 0 saturated carbocycles. The highest BCUT2D eigenvalue weighted by molar-refractivity contribution is 5.65. The van der Waals surface area contributed by atoms with Gasteiger partial charge in [0.05, 0.1) is 0 Å². The van der Waals surface area contributed by atoms with E-state index in [0.717, 1.165) is 66.8 Å². The highest BCUT2D eigenvalue weighted by atomic mass is 14.4. The molecule has 82 heavy (non-hydrogen) atoms. The molecule has 0 aromatic heterocycles. The highest BCUT2D eigenvalue weighted by Gasteiger charge is 2.40. The fourth-order valence-electron chi connectivity index (χ4n) is 11.6. The highest BCUT2D eigenvalue weighted by Crippen LogP contribution is 2.44. The second-order valence-electron chi connectivity index (χ2n) is 20.1. The minimum Gasteiger partial charge on any atom is -0.0802 e. The van der Waals surface area contributed by atoms with E-state index in [4.69, 9.17) is 0 Å². The Bertz CT molecular complexity index is 3420. The molecule has 0 amide bonds. The van der Waals surface area contributed by atoms with Crippen LogP contribution < -0.4 is 0 Å². The zero-order valence-corrected chi connectivity index (χ0v) is 45.6. The standard InChI is InChI=1S/C42H30.C40H30/c1-7-21-35(22-8-1)41(36-23-9-2-10-24-36,37-25-11-3-12-26-37)33-19-20-34-42(38-27-13-4-14-28-38,39-29-15-5-16-30-39)40-31-17-6-18-32-40;1-7-19-33(20-8-1)39(34-21-9-2-10-22-34,35-23-11-3-12-24-35)31-32-40(36-25-13-4-14-26-36,37-27-15-5-16-28-37)38-29-17-6-18-30-38/h1-18,21-32H;1-30H. The number of hydrogen-bond acceptors (Lipinski definition) is 0. The molecule has 12 aromatic carbocycles. The molecule has 0 unspecified atom stereocenters. The maximum absolute atomic E-state index is 3.97. The Morgan fingerprint density at radius 3 is 0.329 bits per heavy atom. The lowest BCUT2D eigenvalue weighted by Gasteiger charge is -2.34. The first-order valence-corrected chi connectivity index (χ1v) is 27.9. The minimum absolute atomic E-state index is 0.687. The molecule has 0 nitrogen and oxygen atoms in total. The van der Waals surface area contributed by atoms with Crippen LogP contribution in [0, 0.1) is 35.5 Å². The van der Waals surface area contributed by atoms with Crippen LogP contribution in [-0.4, -0.2) is 0 Å². The Morgan fingerprint density at radius 2 is 0.220 bits per heavy atom. The number of benzene rings is 12. The third-order valence-electron chi connectivity index (χ3n) is 15.5. The van der Waals surface area contributed by atoms with Crippen molar-refractivity contribution < 1.29 is 0 Å². The molecular weight excluding hydrogens is 985 g/mol. The lowest BCUT2D eigenvalue weighted by Crippen LogP contribution is -2.31. The van der Waals surface area contributed by atoms with Gasteiger partial charge in [0.2, 0.25) is 0 Å². The minimum atomic E-state index is -0.687. The normalized spacial score (nSPS) is 11.1. The number of hydrogen-bond donors (Lipinski definition) is 0. The van der Waals surface area contributed by atoms with Crippen molar-refractivity contribution in [1.29, 1.82) is 0 Å². The Morgan fingerprint density at radius 1 is 0.122 bits per heavy atom. The van der Waals surface area contributed by atoms with Gasteiger partial charge >= 0.3 is 0 Å². The van der Waals surface area contributed by atoms with Crippen LogP contribution in [0.4, 0.5) is 0 Å². The van der Waals surface area contributed by atoms with Crippen LogP contribution in [0.2, 0.25) is 0 Å². The third kappa shape index (κ3) is 10.8. The Labute approximate surface area is 485 Å². The first kappa shape index (κ1) is 53.3. The number of rotatable bonds is 12. The Balaban J connectivity index is 0.000000172. The quantitative estimate of drug-likeness (QED) is 0.0845. The molecule has 0 aliphatic heterocycles. The van der Waals surface area contributed by atoms with E-state index in [0.29, 0.717) is 0 Å². The summed E-state index contributed by atoms with van der Waals surface area (Å²) in [7, 11) is 0. The van der Waals surface area contributed by atoms with E-state index in [1.165, 1.54) is 0 Å². The second-order valence-corrected chi connectivity index (χ2v) is 20.1. The van der Waals surface area contributed by atoms with E-state index in [9.17, 15) is 0 Å². The van der Waals surface area contributed by atoms with Gasteiger partial charge in [-0.25, -0.2) is 0 Å². The molecule has 12 aromatic rings. The van der Waals surface area contributed by atoms with Gasteiger partial charge in [-0.2, -0.15) is 0 Å². The van der Waals surface area contributed by atoms with Crippen LogP contribution in [0.1, 0.15) is 66.8 Å². The lowest BCUT2D eigenvalue weighted by molar-refractivity contribution is 0.779. The summed E-state index contributed by atoms with van der Waals surface area (Å²) in [5.74, 6) is 22.1. The van der Waals surface area contributed by atoms with Crippen molar-refractivity contribution in [2.45, 2.75) is 21.7 Å². The van der Waals surface area contributed by atoms with Crippen molar-refractivity contribution in [3.05, 3.63) is 431 Å². The van der Waals surface area contributed by atoms with Gasteiger partial charge in [0, 0.05) is 0 Å². The molecule has 0 bridgehead atoms. The van der Waals surface area contributed by atoms with E-state index in [1.807, 2.05) is 36.4 Å². The van der Waals surface area contributed by atoms with Gasteiger partial charge in [-0.15, -0.1) is 0 Å². The van der Waals surface area contributed by atoms with Crippen LogP contribution in [0.3, 0.4) is 0 Å². The van der Waals surface area contributed by atoms with Crippen molar-refractivity contribution in [1.82, 2.24) is 0 Å². The molecule has 0 spiro atoms. The molecule has 0 heteroatoms. The SMILES string of the molecule is C(#CC(c1ccccc1)(c1ccccc1)c1ccccc1)C(c1ccccc1)(c1ccccc1)c1ccccc1.C(C#CC(c1ccccc1)(c1ccccc1)c1ccccc1)#CC(c1ccccc1)(c1ccccc1)c1ccccc1. The zero-order chi connectivity index (χ0) is 55.6. The summed E-state index contributed by atoms with van der Waals surface area (Å²) in [6, 6.07) is 127. The van der Waals surface area contributed by atoms with Crippen molar-refractivity contribution in [2.24, 2.45) is 0 Å². The molecule has 12 rings (SSSR count). The van der Waals surface area contributed by atoms with Gasteiger partial charge in [-0.3, -0.25) is 0 Å². The molecule has 0 atom stereocenters. The molecule has 388 valence electrons. The average molecular weight is 1050 g/mol. The maximum atomic E-state index is 3.97. The zero-order valence-electron chi connectivity index (χ0n) is 45.6. The Hall–Kier alpha value is -10.7. The predicted octanol–water partition coefficient (Wildman–Crippen LogP) is 18.1. The lowest BCUT2D eigenvalue weighted by atomic mass is 9.66. The van der Waals surface area contributed by atoms with E-state index in [1.54, 1.807) is 0 Å². The van der Waals surface area contributed by atoms with E-state index >= 15 is 0 Å². The summed E-state index contributed by atoms with van der Waals surface area (Å²) in [5.41, 5.74) is 10.8.